The molecule has 1 amide bonds. The fourth-order valence-electron chi connectivity index (χ4n) is 2.06. The van der Waals surface area contributed by atoms with Crippen LogP contribution >= 0.6 is 0 Å². The molecule has 0 spiro atoms. The topological polar surface area (TPSA) is 105 Å². The Kier molecular flexibility index (Phi) is 6.02. The number of ether oxygens (including phenoxy) is 1. The number of rotatable bonds is 5. The number of nitrogens with one attached hydrogen (secondary N) is 2. The molecule has 0 aliphatic heterocycles. The summed E-state index contributed by atoms with van der Waals surface area (Å²) in [5.74, 6) is 0.0986. The van der Waals surface area contributed by atoms with E-state index >= 15 is 0 Å². The molecule has 1 fully saturated rings. The van der Waals surface area contributed by atoms with E-state index in [2.05, 4.69) is 9.46 Å². The number of aliphatic hydroxyl groups is 1. The van der Waals surface area contributed by atoms with Gasteiger partial charge in [-0.15, -0.1) is 0 Å². The largest absolute Gasteiger partial charge is 0.446 e. The lowest BCUT2D eigenvalue weighted by Gasteiger charge is -2.25. The average molecular weight is 294 g/mol. The summed E-state index contributed by atoms with van der Waals surface area (Å²) in [6, 6.07) is 0. The van der Waals surface area contributed by atoms with Crippen LogP contribution < -0.4 is 9.44 Å². The fraction of sp³-hybridized carbons (Fsp3) is 0.909. The van der Waals surface area contributed by atoms with Gasteiger partial charge >= 0.3 is 16.3 Å². The Morgan fingerprint density at radius 2 is 2.11 bits per heavy atom. The third kappa shape index (κ3) is 6.74. The summed E-state index contributed by atoms with van der Waals surface area (Å²) >= 11 is 0. The van der Waals surface area contributed by atoms with E-state index in [0.29, 0.717) is 6.42 Å². The Morgan fingerprint density at radius 3 is 2.68 bits per heavy atom. The number of carbonyl (C=O) groups is 1. The van der Waals surface area contributed by atoms with Crippen molar-refractivity contribution in [3.63, 3.8) is 0 Å². The zero-order valence-corrected chi connectivity index (χ0v) is 12.1. The summed E-state index contributed by atoms with van der Waals surface area (Å²) in [5, 5.41) is 9.49. The lowest BCUT2D eigenvalue weighted by atomic mass is 9.87. The highest BCUT2D eigenvalue weighted by Crippen LogP contribution is 2.23. The van der Waals surface area contributed by atoms with Crippen molar-refractivity contribution < 1.29 is 23.1 Å². The molecule has 1 rings (SSSR count). The van der Waals surface area contributed by atoms with Gasteiger partial charge in [-0.25, -0.2) is 9.52 Å². The first-order valence-corrected chi connectivity index (χ1v) is 7.93. The third-order valence-corrected chi connectivity index (χ3v) is 3.86. The van der Waals surface area contributed by atoms with E-state index in [9.17, 15) is 18.3 Å². The van der Waals surface area contributed by atoms with Gasteiger partial charge in [0.1, 0.15) is 0 Å². The molecule has 0 radical (unpaired) electrons. The molecule has 1 saturated carbocycles. The zero-order chi connectivity index (χ0) is 14.5. The Balaban J connectivity index is 2.36. The second-order valence-corrected chi connectivity index (χ2v) is 6.59. The van der Waals surface area contributed by atoms with Gasteiger partial charge in [-0.05, 0) is 39.0 Å². The first kappa shape index (κ1) is 16.2. The maximum absolute atomic E-state index is 11.6. The van der Waals surface area contributed by atoms with Crippen LogP contribution in [-0.2, 0) is 14.9 Å². The van der Waals surface area contributed by atoms with Crippen molar-refractivity contribution in [3.8, 4) is 0 Å². The number of aliphatic hydroxyl groups excluding tert-OH is 1. The Hall–Kier alpha value is -0.860. The maximum atomic E-state index is 11.6. The first-order chi connectivity index (χ1) is 8.78. The van der Waals surface area contributed by atoms with Gasteiger partial charge in [0.25, 0.3) is 0 Å². The van der Waals surface area contributed by atoms with E-state index in [0.717, 1.165) is 19.3 Å². The minimum absolute atomic E-state index is 0.0986. The van der Waals surface area contributed by atoms with Gasteiger partial charge in [-0.3, -0.25) is 0 Å². The summed E-state index contributed by atoms with van der Waals surface area (Å²) in [4.78, 5) is 11.2. The van der Waals surface area contributed by atoms with Crippen molar-refractivity contribution in [2.24, 2.45) is 5.92 Å². The number of hydrogen-bond donors (Lipinski definition) is 3. The van der Waals surface area contributed by atoms with Gasteiger partial charge in [-0.1, -0.05) is 6.42 Å². The van der Waals surface area contributed by atoms with Crippen LogP contribution in [0.15, 0.2) is 0 Å². The van der Waals surface area contributed by atoms with Crippen molar-refractivity contribution in [2.45, 2.75) is 51.7 Å². The second kappa shape index (κ2) is 7.06. The maximum Gasteiger partial charge on any atom is 0.422 e. The van der Waals surface area contributed by atoms with Crippen LogP contribution in [0.2, 0.25) is 0 Å². The normalized spacial score (nSPS) is 24.2. The quantitative estimate of drug-likeness (QED) is 0.685. The van der Waals surface area contributed by atoms with Crippen molar-refractivity contribution in [1.29, 1.82) is 0 Å². The summed E-state index contributed by atoms with van der Waals surface area (Å²) in [5.41, 5.74) is 0. The zero-order valence-electron chi connectivity index (χ0n) is 11.3. The van der Waals surface area contributed by atoms with E-state index in [-0.39, 0.29) is 24.7 Å². The van der Waals surface area contributed by atoms with Gasteiger partial charge in [-0.2, -0.15) is 13.1 Å². The SMILES string of the molecule is CC(C)OC(=O)NS(=O)(=O)NCC1CCCC(O)C1. The molecule has 0 aromatic carbocycles. The molecule has 8 heteroatoms. The van der Waals surface area contributed by atoms with Crippen molar-refractivity contribution in [2.75, 3.05) is 6.54 Å². The molecular weight excluding hydrogens is 272 g/mol. The molecule has 2 unspecified atom stereocenters. The van der Waals surface area contributed by atoms with Crippen LogP contribution in [0.3, 0.4) is 0 Å². The summed E-state index contributed by atoms with van der Waals surface area (Å²) in [7, 11) is -3.90. The van der Waals surface area contributed by atoms with E-state index < -0.39 is 16.3 Å². The van der Waals surface area contributed by atoms with Crippen LogP contribution in [0.5, 0.6) is 0 Å². The molecule has 19 heavy (non-hydrogen) atoms. The third-order valence-electron chi connectivity index (χ3n) is 2.88. The fourth-order valence-corrected chi connectivity index (χ4v) is 2.85. The minimum atomic E-state index is -3.90. The van der Waals surface area contributed by atoms with Gasteiger partial charge in [0, 0.05) is 6.54 Å². The minimum Gasteiger partial charge on any atom is -0.446 e. The summed E-state index contributed by atoms with van der Waals surface area (Å²) < 4.78 is 31.9. The standard InChI is InChI=1S/C11H22N2O5S/c1-8(2)18-11(15)13-19(16,17)12-7-9-4-3-5-10(14)6-9/h8-10,12,14H,3-7H2,1-2H3,(H,13,15). The molecular formula is C11H22N2O5S. The lowest BCUT2D eigenvalue weighted by Crippen LogP contribution is -2.43. The van der Waals surface area contributed by atoms with Crippen LogP contribution in [-0.4, -0.2) is 38.4 Å². The molecule has 0 saturated heterocycles. The first-order valence-electron chi connectivity index (χ1n) is 6.44. The molecule has 7 nitrogen and oxygen atoms in total. The van der Waals surface area contributed by atoms with Gasteiger partial charge in [0.2, 0.25) is 0 Å². The lowest BCUT2D eigenvalue weighted by molar-refractivity contribution is 0.102. The van der Waals surface area contributed by atoms with Crippen molar-refractivity contribution in [1.82, 2.24) is 9.44 Å². The highest BCUT2D eigenvalue weighted by molar-refractivity contribution is 7.88. The Labute approximate surface area is 113 Å². The van der Waals surface area contributed by atoms with Crippen LogP contribution in [0.4, 0.5) is 4.79 Å². The van der Waals surface area contributed by atoms with Crippen LogP contribution in [0, 0.1) is 5.92 Å². The average Bonchev–Trinajstić information content (AvgIpc) is 2.24. The van der Waals surface area contributed by atoms with E-state index in [1.807, 2.05) is 0 Å². The molecule has 3 N–H and O–H groups in total. The molecule has 2 atom stereocenters. The van der Waals surface area contributed by atoms with Gasteiger partial charge in [0.15, 0.2) is 0 Å². The van der Waals surface area contributed by atoms with Crippen molar-refractivity contribution >= 4 is 16.3 Å². The van der Waals surface area contributed by atoms with E-state index in [4.69, 9.17) is 0 Å². The van der Waals surface area contributed by atoms with E-state index in [1.54, 1.807) is 18.6 Å². The molecule has 1 aliphatic carbocycles. The molecule has 0 bridgehead atoms. The second-order valence-electron chi connectivity index (χ2n) is 5.09. The molecule has 0 heterocycles. The molecule has 1 aliphatic rings. The van der Waals surface area contributed by atoms with Crippen LogP contribution in [0.1, 0.15) is 39.5 Å². The summed E-state index contributed by atoms with van der Waals surface area (Å²) in [6.07, 6.45) is 1.37. The molecule has 0 aromatic rings. The number of carbonyl (C=O) groups excluding carboxylic acids is 1. The smallest absolute Gasteiger partial charge is 0.422 e. The number of hydrogen-bond acceptors (Lipinski definition) is 5. The van der Waals surface area contributed by atoms with E-state index in [1.165, 1.54) is 0 Å². The molecule has 112 valence electrons. The summed E-state index contributed by atoms with van der Waals surface area (Å²) in [6.45, 7) is 3.47. The van der Waals surface area contributed by atoms with Gasteiger partial charge in [0.05, 0.1) is 12.2 Å². The number of amides is 1. The Morgan fingerprint density at radius 1 is 1.42 bits per heavy atom. The monoisotopic (exact) mass is 294 g/mol. The highest BCUT2D eigenvalue weighted by Gasteiger charge is 2.23. The Bertz CT molecular complexity index is 396. The van der Waals surface area contributed by atoms with Gasteiger partial charge < -0.3 is 9.84 Å². The predicted octanol–water partition coefficient (Wildman–Crippen LogP) is 0.506. The van der Waals surface area contributed by atoms with Crippen molar-refractivity contribution in [3.05, 3.63) is 0 Å². The van der Waals surface area contributed by atoms with Crippen LogP contribution in [0.25, 0.3) is 0 Å². The predicted molar refractivity (Wildman–Crippen MR) is 69.6 cm³/mol. The highest BCUT2D eigenvalue weighted by atomic mass is 32.2. The molecule has 0 aromatic heterocycles.